The first-order valence-electron chi connectivity index (χ1n) is 13.7. The Bertz CT molecular complexity index is 1220. The Morgan fingerprint density at radius 2 is 1.85 bits per heavy atom. The number of benzene rings is 1. The number of aromatic nitrogens is 1. The number of fused-ring (bicyclic) bond motifs is 1. The number of unbranched alkanes of at least 4 members (excludes halogenated alkanes) is 1. The van der Waals surface area contributed by atoms with Crippen molar-refractivity contribution in [2.75, 3.05) is 31.1 Å². The lowest BCUT2D eigenvalue weighted by Gasteiger charge is -2.30. The number of aryl methyl sites for hydroxylation is 1. The molecule has 4 rings (SSSR count). The second kappa shape index (κ2) is 12.9. The van der Waals surface area contributed by atoms with E-state index in [1.54, 1.807) is 4.90 Å². The maximum atomic E-state index is 13.7. The highest BCUT2D eigenvalue weighted by atomic mass is 79.9. The highest BCUT2D eigenvalue weighted by Crippen LogP contribution is 2.42. The van der Waals surface area contributed by atoms with E-state index >= 15 is 0 Å². The van der Waals surface area contributed by atoms with Gasteiger partial charge in [-0.2, -0.15) is 0 Å². The van der Waals surface area contributed by atoms with Crippen molar-refractivity contribution in [2.45, 2.75) is 78.2 Å². The molecule has 2 N–H and O–H groups in total. The number of ketones is 1. The molecule has 0 atom stereocenters. The number of carboxylic acids is 1. The smallest absolute Gasteiger partial charge is 0.303 e. The zero-order chi connectivity index (χ0) is 27.4. The molecule has 2 aliphatic heterocycles. The van der Waals surface area contributed by atoms with Gasteiger partial charge in [-0.25, -0.2) is 4.98 Å². The van der Waals surface area contributed by atoms with Crippen LogP contribution in [0, 0.1) is 5.41 Å². The lowest BCUT2D eigenvalue weighted by Crippen LogP contribution is -2.31. The highest BCUT2D eigenvalue weighted by Gasteiger charge is 2.31. The molecule has 2 aromatic rings. The fraction of sp³-hybridized carbons (Fsp3) is 0.533. The Hall–Kier alpha value is -2.94. The largest absolute Gasteiger partial charge is 0.491 e. The van der Waals surface area contributed by atoms with Crippen LogP contribution in [0.4, 0.5) is 5.69 Å². The topological polar surface area (TPSA) is 107 Å². The summed E-state index contributed by atoms with van der Waals surface area (Å²) < 4.78 is 6.34. The lowest BCUT2D eigenvalue weighted by molar-refractivity contribution is -0.137. The first kappa shape index (κ1) is 30.6. The van der Waals surface area contributed by atoms with Gasteiger partial charge in [0.05, 0.1) is 18.8 Å². The van der Waals surface area contributed by atoms with Crippen LogP contribution in [0.15, 0.2) is 24.3 Å². The summed E-state index contributed by atoms with van der Waals surface area (Å²) in [5, 5.41) is 17.6. The van der Waals surface area contributed by atoms with Crippen molar-refractivity contribution < 1.29 is 19.4 Å². The number of nitrogens with one attached hydrogen (secondary N) is 1. The average molecular weight is 602 g/mol. The molecule has 0 spiro atoms. The zero-order valence-electron chi connectivity index (χ0n) is 23.5. The number of ether oxygens (including phenoxy) is 1. The van der Waals surface area contributed by atoms with Gasteiger partial charge in [-0.15, -0.1) is 17.0 Å². The van der Waals surface area contributed by atoms with Crippen LogP contribution in [0.3, 0.4) is 0 Å². The van der Waals surface area contributed by atoms with Crippen molar-refractivity contribution >= 4 is 40.3 Å². The number of rotatable bonds is 11. The predicted molar refractivity (Wildman–Crippen MR) is 159 cm³/mol. The third-order valence-corrected chi connectivity index (χ3v) is 7.31. The maximum absolute atomic E-state index is 13.7. The van der Waals surface area contributed by atoms with Crippen LogP contribution in [-0.4, -0.2) is 58.8 Å². The number of carbonyl (C=O) groups excluding carboxylic acids is 1. The van der Waals surface area contributed by atoms with E-state index in [1.807, 2.05) is 31.2 Å². The normalized spacial score (nSPS) is 14.8. The van der Waals surface area contributed by atoms with E-state index in [1.165, 1.54) is 0 Å². The van der Waals surface area contributed by atoms with E-state index in [4.69, 9.17) is 15.3 Å². The molecule has 39 heavy (non-hydrogen) atoms. The number of hydrogen-bond donors (Lipinski definition) is 2. The molecule has 1 aromatic carbocycles. The minimum Gasteiger partial charge on any atom is -0.491 e. The molecule has 0 saturated carbocycles. The Labute approximate surface area is 242 Å². The number of pyridine rings is 1. The van der Waals surface area contributed by atoms with Gasteiger partial charge in [0, 0.05) is 48.4 Å². The molecular formula is C30H41BrN4O4. The third kappa shape index (κ3) is 7.18. The fourth-order valence-electron chi connectivity index (χ4n) is 5.12. The standard InChI is InChI=1S/C30H40N4O4.BrH/c1-5-22-12-11-20-18-34(29(31)27(20)32-22)19-25(35)21-16-23(30(2,3)4)28(38-15-9-6-10-26(36)37)24(17-21)33-13-7-8-14-33;/h11-12,16-17,31H,5-10,13-15,18-19H2,1-4H3,(H,36,37);1H. The van der Waals surface area contributed by atoms with E-state index in [-0.39, 0.29) is 41.1 Å². The number of Topliss-reactive ketones (excluding diaryl/α,β-unsaturated/α-hetero) is 1. The molecule has 1 aromatic heterocycles. The average Bonchev–Trinajstić information content (AvgIpc) is 3.51. The fourth-order valence-corrected chi connectivity index (χ4v) is 5.12. The van der Waals surface area contributed by atoms with Crippen LogP contribution in [0.2, 0.25) is 0 Å². The number of anilines is 1. The van der Waals surface area contributed by atoms with Crippen LogP contribution in [0.1, 0.15) is 92.7 Å². The lowest BCUT2D eigenvalue weighted by atomic mass is 9.84. The summed E-state index contributed by atoms with van der Waals surface area (Å²) in [5.74, 6) is 0.277. The van der Waals surface area contributed by atoms with Gasteiger partial charge in [0.2, 0.25) is 0 Å². The van der Waals surface area contributed by atoms with Crippen LogP contribution >= 0.6 is 17.0 Å². The van der Waals surface area contributed by atoms with E-state index in [9.17, 15) is 9.59 Å². The predicted octanol–water partition coefficient (Wildman–Crippen LogP) is 5.78. The number of hydrogen-bond acceptors (Lipinski definition) is 6. The summed E-state index contributed by atoms with van der Waals surface area (Å²) in [4.78, 5) is 33.3. The molecule has 8 nitrogen and oxygen atoms in total. The van der Waals surface area contributed by atoms with Gasteiger partial charge < -0.3 is 19.6 Å². The molecule has 2 aliphatic rings. The van der Waals surface area contributed by atoms with Gasteiger partial charge in [-0.05, 0) is 55.7 Å². The molecular weight excluding hydrogens is 560 g/mol. The zero-order valence-corrected chi connectivity index (χ0v) is 25.2. The van der Waals surface area contributed by atoms with Gasteiger partial charge in [0.25, 0.3) is 0 Å². The Balaban J connectivity index is 0.00000420. The summed E-state index contributed by atoms with van der Waals surface area (Å²) >= 11 is 0. The molecule has 1 fully saturated rings. The SMILES string of the molecule is Br.CCc1ccc2c(n1)C(=N)N(CC(=O)c1cc(N3CCCC3)c(OCCCCC(=O)O)c(C(C)(C)C)c1)C2. The number of carboxylic acid groups (broad SMARTS) is 1. The van der Waals surface area contributed by atoms with Crippen LogP contribution < -0.4 is 9.64 Å². The molecule has 212 valence electrons. The van der Waals surface area contributed by atoms with Crippen LogP contribution in [0.25, 0.3) is 0 Å². The van der Waals surface area contributed by atoms with Gasteiger partial charge in [-0.1, -0.05) is 33.8 Å². The minimum absolute atomic E-state index is 0. The first-order chi connectivity index (χ1) is 18.1. The quantitative estimate of drug-likeness (QED) is 0.249. The van der Waals surface area contributed by atoms with Gasteiger partial charge in [-0.3, -0.25) is 15.0 Å². The van der Waals surface area contributed by atoms with Gasteiger partial charge >= 0.3 is 5.97 Å². The Morgan fingerprint density at radius 3 is 2.49 bits per heavy atom. The second-order valence-electron chi connectivity index (χ2n) is 11.3. The monoisotopic (exact) mass is 600 g/mol. The van der Waals surface area contributed by atoms with Gasteiger partial charge in [0.1, 0.15) is 17.3 Å². The van der Waals surface area contributed by atoms with E-state index in [2.05, 4.69) is 30.7 Å². The summed E-state index contributed by atoms with van der Waals surface area (Å²) in [6.07, 6.45) is 4.35. The molecule has 9 heteroatoms. The first-order valence-corrected chi connectivity index (χ1v) is 13.7. The molecule has 0 aliphatic carbocycles. The van der Waals surface area contributed by atoms with E-state index in [0.29, 0.717) is 43.1 Å². The maximum Gasteiger partial charge on any atom is 0.303 e. The Morgan fingerprint density at radius 1 is 1.13 bits per heavy atom. The van der Waals surface area contributed by atoms with Crippen LogP contribution in [0.5, 0.6) is 5.75 Å². The van der Waals surface area contributed by atoms with Gasteiger partial charge in [0.15, 0.2) is 5.78 Å². The Kier molecular flexibility index (Phi) is 10.2. The third-order valence-electron chi connectivity index (χ3n) is 7.31. The van der Waals surface area contributed by atoms with E-state index in [0.717, 1.165) is 60.6 Å². The number of carbonyl (C=O) groups is 2. The van der Waals surface area contributed by atoms with Crippen LogP contribution in [-0.2, 0) is 23.2 Å². The summed E-state index contributed by atoms with van der Waals surface area (Å²) in [7, 11) is 0. The number of halogens is 1. The summed E-state index contributed by atoms with van der Waals surface area (Å²) in [5.41, 5.74) is 4.88. The van der Waals surface area contributed by atoms with E-state index < -0.39 is 5.97 Å². The molecule has 0 amide bonds. The highest BCUT2D eigenvalue weighted by molar-refractivity contribution is 8.93. The minimum atomic E-state index is -0.795. The number of nitrogens with zero attached hydrogens (tertiary/aromatic N) is 3. The van der Waals surface area contributed by atoms with Crippen molar-refractivity contribution in [3.63, 3.8) is 0 Å². The van der Waals surface area contributed by atoms with Crippen molar-refractivity contribution in [3.8, 4) is 5.75 Å². The van der Waals surface area contributed by atoms with Crippen molar-refractivity contribution in [3.05, 3.63) is 52.3 Å². The number of amidine groups is 1. The van der Waals surface area contributed by atoms with Crippen molar-refractivity contribution in [2.24, 2.45) is 0 Å². The number of aliphatic carboxylic acids is 1. The summed E-state index contributed by atoms with van der Waals surface area (Å²) in [6.45, 7) is 11.3. The molecule has 0 radical (unpaired) electrons. The molecule has 0 bridgehead atoms. The molecule has 3 heterocycles. The summed E-state index contributed by atoms with van der Waals surface area (Å²) in [6, 6.07) is 7.92. The second-order valence-corrected chi connectivity index (χ2v) is 11.3. The van der Waals surface area contributed by atoms with Crippen molar-refractivity contribution in [1.29, 1.82) is 5.41 Å². The van der Waals surface area contributed by atoms with Crippen molar-refractivity contribution in [1.82, 2.24) is 9.88 Å². The molecule has 1 saturated heterocycles. The molecule has 0 unspecified atom stereocenters.